The zero-order valence-electron chi connectivity index (χ0n) is 22.4. The Hall–Kier alpha value is -3.37. The van der Waals surface area contributed by atoms with E-state index < -0.39 is 24.7 Å². The molecule has 206 valence electrons. The van der Waals surface area contributed by atoms with E-state index in [1.165, 1.54) is 29.7 Å². The van der Waals surface area contributed by atoms with Crippen LogP contribution in [0.5, 0.6) is 0 Å². The van der Waals surface area contributed by atoms with E-state index in [1.54, 1.807) is 36.4 Å². The number of amides is 1. The summed E-state index contributed by atoms with van der Waals surface area (Å²) < 4.78 is 5.77. The number of carboxylic acid groups (broad SMARTS) is 1. The van der Waals surface area contributed by atoms with Gasteiger partial charge in [0.1, 0.15) is 19.3 Å². The van der Waals surface area contributed by atoms with Gasteiger partial charge in [-0.2, -0.15) is 5.26 Å². The Morgan fingerprint density at radius 3 is 1.85 bits per heavy atom. The Balaban J connectivity index is 0.000000312. The van der Waals surface area contributed by atoms with Gasteiger partial charge in [-0.15, -0.1) is 0 Å². The minimum atomic E-state index is -1.08. The SMILES string of the molecule is C1CC1.CC.Cc1ccc(C#N)cc1.O=C(O)CN1C(=O)COC(c2ccc(Cl)cc2)C1c1ccc(Cl)cc1. The lowest BCUT2D eigenvalue weighted by Gasteiger charge is -2.40. The van der Waals surface area contributed by atoms with E-state index in [0.29, 0.717) is 10.0 Å². The molecule has 2 unspecified atom stereocenters. The zero-order valence-corrected chi connectivity index (χ0v) is 24.0. The first-order valence-electron chi connectivity index (χ1n) is 12.9. The Morgan fingerprint density at radius 1 is 0.923 bits per heavy atom. The van der Waals surface area contributed by atoms with Crippen molar-refractivity contribution in [3.05, 3.63) is 105 Å². The number of halogens is 2. The van der Waals surface area contributed by atoms with Crippen molar-refractivity contribution >= 4 is 35.1 Å². The smallest absolute Gasteiger partial charge is 0.323 e. The minimum absolute atomic E-state index is 0.176. The summed E-state index contributed by atoms with van der Waals surface area (Å²) in [6.45, 7) is 5.42. The fourth-order valence-corrected chi connectivity index (χ4v) is 3.81. The molecule has 2 aliphatic rings. The van der Waals surface area contributed by atoms with Crippen molar-refractivity contribution in [1.29, 1.82) is 5.26 Å². The van der Waals surface area contributed by atoms with Crippen molar-refractivity contribution in [3.8, 4) is 6.07 Å². The zero-order chi connectivity index (χ0) is 28.8. The molecule has 2 atom stereocenters. The molecule has 1 saturated heterocycles. The molecule has 1 N–H and O–H groups in total. The highest BCUT2D eigenvalue weighted by Crippen LogP contribution is 2.40. The number of carboxylic acids is 1. The molecular weight excluding hydrogens is 535 g/mol. The van der Waals surface area contributed by atoms with Crippen molar-refractivity contribution in [1.82, 2.24) is 4.90 Å². The van der Waals surface area contributed by atoms with Gasteiger partial charge in [0.25, 0.3) is 0 Å². The predicted octanol–water partition coefficient (Wildman–Crippen LogP) is 7.78. The van der Waals surface area contributed by atoms with E-state index in [1.807, 2.05) is 57.2 Å². The summed E-state index contributed by atoms with van der Waals surface area (Å²) in [6.07, 6.45) is 4.00. The number of carbonyl (C=O) groups excluding carboxylic acids is 1. The molecule has 1 aliphatic carbocycles. The van der Waals surface area contributed by atoms with Crippen LogP contribution in [0.15, 0.2) is 72.8 Å². The van der Waals surface area contributed by atoms with Crippen LogP contribution in [0.2, 0.25) is 10.0 Å². The lowest BCUT2D eigenvalue weighted by atomic mass is 9.92. The minimum Gasteiger partial charge on any atom is -0.480 e. The Bertz CT molecular complexity index is 1220. The highest BCUT2D eigenvalue weighted by atomic mass is 35.5. The predicted molar refractivity (Wildman–Crippen MR) is 155 cm³/mol. The maximum absolute atomic E-state index is 12.3. The molecule has 0 bridgehead atoms. The molecule has 5 rings (SSSR count). The van der Waals surface area contributed by atoms with E-state index in [0.717, 1.165) is 16.7 Å². The molecule has 3 aromatic carbocycles. The van der Waals surface area contributed by atoms with E-state index in [-0.39, 0.29) is 12.5 Å². The van der Waals surface area contributed by atoms with Crippen molar-refractivity contribution in [2.45, 2.75) is 52.2 Å². The second-order valence-electron chi connectivity index (χ2n) is 8.73. The molecule has 0 spiro atoms. The fourth-order valence-electron chi connectivity index (χ4n) is 3.56. The third-order valence-electron chi connectivity index (χ3n) is 5.58. The van der Waals surface area contributed by atoms with Gasteiger partial charge < -0.3 is 14.7 Å². The number of aryl methyl sites for hydroxylation is 1. The van der Waals surface area contributed by atoms with E-state index in [9.17, 15) is 14.7 Å². The number of rotatable bonds is 4. The van der Waals surface area contributed by atoms with E-state index in [2.05, 4.69) is 6.07 Å². The summed E-state index contributed by atoms with van der Waals surface area (Å²) in [4.78, 5) is 24.9. The van der Waals surface area contributed by atoms with Crippen LogP contribution in [0.1, 0.15) is 67.5 Å². The third kappa shape index (κ3) is 10.7. The maximum Gasteiger partial charge on any atom is 0.323 e. The number of morpholine rings is 1. The van der Waals surface area contributed by atoms with Crippen LogP contribution in [-0.2, 0) is 14.3 Å². The number of carbonyl (C=O) groups is 2. The summed E-state index contributed by atoms with van der Waals surface area (Å²) in [5, 5.41) is 18.7. The van der Waals surface area contributed by atoms with Crippen LogP contribution < -0.4 is 0 Å². The van der Waals surface area contributed by atoms with Crippen LogP contribution in [0.4, 0.5) is 0 Å². The van der Waals surface area contributed by atoms with Crippen molar-refractivity contribution in [2.75, 3.05) is 13.2 Å². The van der Waals surface area contributed by atoms with Crippen LogP contribution in [0.25, 0.3) is 0 Å². The standard InChI is InChI=1S/C18H15Cl2NO4.C8H7N.C3H6.C2H6/c19-13-5-1-11(2-6-13)17-18(12-3-7-14(20)8-4-12)25-10-15(22)21(17)9-16(23)24;1-7-2-4-8(6-9)5-3-7;1-2-3-1;1-2/h1-8,17-18H,9-10H2,(H,23,24);2-5H,1H3;1-3H2;1-2H3. The topological polar surface area (TPSA) is 90.6 Å². The summed E-state index contributed by atoms with van der Waals surface area (Å²) in [5.74, 6) is -1.45. The lowest BCUT2D eigenvalue weighted by molar-refractivity contribution is -0.164. The molecule has 2 fully saturated rings. The first-order chi connectivity index (χ1) is 18.8. The fraction of sp³-hybridized carbons (Fsp3) is 0.323. The number of nitrogens with zero attached hydrogens (tertiary/aromatic N) is 2. The summed E-state index contributed by atoms with van der Waals surface area (Å²) in [7, 11) is 0. The average Bonchev–Trinajstić information content (AvgIpc) is 3.83. The van der Waals surface area contributed by atoms with E-state index in [4.69, 9.17) is 33.2 Å². The average molecular weight is 570 g/mol. The highest BCUT2D eigenvalue weighted by molar-refractivity contribution is 6.30. The van der Waals surface area contributed by atoms with Gasteiger partial charge in [-0.25, -0.2) is 0 Å². The van der Waals surface area contributed by atoms with E-state index >= 15 is 0 Å². The molecule has 0 aromatic heterocycles. The third-order valence-corrected chi connectivity index (χ3v) is 6.08. The first-order valence-corrected chi connectivity index (χ1v) is 13.6. The summed E-state index contributed by atoms with van der Waals surface area (Å²) in [5.41, 5.74) is 3.47. The molecule has 8 heteroatoms. The van der Waals surface area contributed by atoms with Gasteiger partial charge in [0, 0.05) is 10.0 Å². The number of ether oxygens (including phenoxy) is 1. The number of benzene rings is 3. The van der Waals surface area contributed by atoms with Crippen LogP contribution >= 0.6 is 23.2 Å². The van der Waals surface area contributed by atoms with Crippen LogP contribution in [0, 0.1) is 18.3 Å². The molecular formula is C31H34Cl2N2O4. The lowest BCUT2D eigenvalue weighted by Crippen LogP contribution is -2.47. The van der Waals surface area contributed by atoms with Crippen molar-refractivity contribution in [2.24, 2.45) is 0 Å². The largest absolute Gasteiger partial charge is 0.480 e. The van der Waals surface area contributed by atoms with Gasteiger partial charge in [-0.05, 0) is 54.4 Å². The maximum atomic E-state index is 12.3. The Morgan fingerprint density at radius 2 is 1.41 bits per heavy atom. The van der Waals surface area contributed by atoms with Crippen LogP contribution in [-0.4, -0.2) is 35.0 Å². The van der Waals surface area contributed by atoms with Gasteiger partial charge >= 0.3 is 5.97 Å². The number of aliphatic carboxylic acids is 1. The molecule has 1 aliphatic heterocycles. The molecule has 39 heavy (non-hydrogen) atoms. The van der Waals surface area contributed by atoms with Gasteiger partial charge in [0.15, 0.2) is 0 Å². The first kappa shape index (κ1) is 31.8. The quantitative estimate of drug-likeness (QED) is 0.347. The normalized spacial score (nSPS) is 17.1. The van der Waals surface area contributed by atoms with Gasteiger partial charge in [0.2, 0.25) is 5.91 Å². The second-order valence-corrected chi connectivity index (χ2v) is 9.61. The van der Waals surface area contributed by atoms with Crippen LogP contribution in [0.3, 0.4) is 0 Å². The van der Waals surface area contributed by atoms with Gasteiger partial charge in [-0.3, -0.25) is 9.59 Å². The molecule has 1 amide bonds. The molecule has 0 radical (unpaired) electrons. The highest BCUT2D eigenvalue weighted by Gasteiger charge is 2.39. The summed E-state index contributed by atoms with van der Waals surface area (Å²) >= 11 is 11.9. The molecule has 3 aromatic rings. The Kier molecular flexibility index (Phi) is 13.5. The number of nitriles is 1. The Labute approximate surface area is 240 Å². The van der Waals surface area contributed by atoms with Crippen molar-refractivity contribution < 1.29 is 19.4 Å². The molecule has 1 saturated carbocycles. The van der Waals surface area contributed by atoms with Gasteiger partial charge in [-0.1, -0.05) is 98.3 Å². The summed E-state index contributed by atoms with van der Waals surface area (Å²) in [6, 6.07) is 23.0. The molecule has 1 heterocycles. The number of hydrogen-bond donors (Lipinski definition) is 1. The monoisotopic (exact) mass is 568 g/mol. The van der Waals surface area contributed by atoms with Gasteiger partial charge in [0.05, 0.1) is 17.7 Å². The second kappa shape index (κ2) is 16.6. The number of hydrogen-bond acceptors (Lipinski definition) is 4. The van der Waals surface area contributed by atoms with Crippen molar-refractivity contribution in [3.63, 3.8) is 0 Å². The molecule has 6 nitrogen and oxygen atoms in total.